The topological polar surface area (TPSA) is 70.9 Å². The quantitative estimate of drug-likeness (QED) is 0.675. The van der Waals surface area contributed by atoms with Crippen LogP contribution in [0.5, 0.6) is 0 Å². The highest BCUT2D eigenvalue weighted by molar-refractivity contribution is 7.89. The monoisotopic (exact) mass is 394 g/mol. The Morgan fingerprint density at radius 3 is 2.41 bits per heavy atom. The van der Waals surface area contributed by atoms with Gasteiger partial charge in [0, 0.05) is 44.5 Å². The molecule has 7 heteroatoms. The normalized spacial score (nSPS) is 20.0. The Balaban J connectivity index is 1.50. The van der Waals surface area contributed by atoms with Crippen molar-refractivity contribution in [2.45, 2.75) is 43.9 Å². The van der Waals surface area contributed by atoms with Gasteiger partial charge in [-0.2, -0.15) is 4.31 Å². The number of carbonyl (C=O) groups is 1. The van der Waals surface area contributed by atoms with Crippen molar-refractivity contribution in [2.75, 3.05) is 39.3 Å². The molecule has 0 bridgehead atoms. The van der Waals surface area contributed by atoms with E-state index < -0.39 is 10.0 Å². The SMILES string of the molecule is CC1CCN(S(=O)(=O)c2ccc(C(=O)NCCC[NH+]3CCCC3)cc2)CC1. The number of sulfonamides is 1. The molecule has 1 aromatic rings. The zero-order valence-corrected chi connectivity index (χ0v) is 17.1. The highest BCUT2D eigenvalue weighted by Crippen LogP contribution is 2.23. The van der Waals surface area contributed by atoms with Crippen molar-refractivity contribution in [1.82, 2.24) is 9.62 Å². The number of nitrogens with one attached hydrogen (secondary N) is 2. The van der Waals surface area contributed by atoms with E-state index in [4.69, 9.17) is 0 Å². The van der Waals surface area contributed by atoms with E-state index >= 15 is 0 Å². The number of piperidine rings is 1. The molecule has 0 atom stereocenters. The molecule has 0 unspecified atom stereocenters. The summed E-state index contributed by atoms with van der Waals surface area (Å²) < 4.78 is 27.0. The Hall–Kier alpha value is -1.44. The molecule has 0 radical (unpaired) electrons. The summed E-state index contributed by atoms with van der Waals surface area (Å²) in [6.45, 7) is 7.57. The summed E-state index contributed by atoms with van der Waals surface area (Å²) >= 11 is 0. The summed E-state index contributed by atoms with van der Waals surface area (Å²) in [5.74, 6) is 0.441. The molecule has 2 aliphatic rings. The first-order chi connectivity index (χ1) is 13.0. The molecule has 3 rings (SSSR count). The average molecular weight is 395 g/mol. The fraction of sp³-hybridized carbons (Fsp3) is 0.650. The standard InChI is InChI=1S/C20H31N3O3S/c1-17-9-15-23(16-10-17)27(25,26)19-7-5-18(6-8-19)20(24)21-11-4-14-22-12-2-3-13-22/h5-8,17H,2-4,9-16H2,1H3,(H,21,24)/p+1. The molecule has 0 aromatic heterocycles. The summed E-state index contributed by atoms with van der Waals surface area (Å²) in [6.07, 6.45) is 5.40. The van der Waals surface area contributed by atoms with E-state index in [9.17, 15) is 13.2 Å². The smallest absolute Gasteiger partial charge is 0.251 e. The lowest BCUT2D eigenvalue weighted by atomic mass is 10.0. The van der Waals surface area contributed by atoms with Crippen LogP contribution in [0.1, 0.15) is 49.4 Å². The van der Waals surface area contributed by atoms with Gasteiger partial charge in [-0.05, 0) is 43.0 Å². The molecule has 2 saturated heterocycles. The number of hydrogen-bond acceptors (Lipinski definition) is 3. The zero-order chi connectivity index (χ0) is 19.3. The van der Waals surface area contributed by atoms with Crippen molar-refractivity contribution in [1.29, 1.82) is 0 Å². The molecule has 0 aliphatic carbocycles. The molecule has 27 heavy (non-hydrogen) atoms. The number of rotatable bonds is 7. The second kappa shape index (κ2) is 9.17. The number of quaternary nitrogens is 1. The van der Waals surface area contributed by atoms with Crippen molar-refractivity contribution >= 4 is 15.9 Å². The van der Waals surface area contributed by atoms with Crippen LogP contribution in [0.15, 0.2) is 29.2 Å². The third-order valence-corrected chi connectivity index (χ3v) is 7.71. The van der Waals surface area contributed by atoms with E-state index in [0.29, 0.717) is 31.1 Å². The summed E-state index contributed by atoms with van der Waals surface area (Å²) in [6, 6.07) is 6.33. The van der Waals surface area contributed by atoms with Gasteiger partial charge in [0.2, 0.25) is 10.0 Å². The third-order valence-electron chi connectivity index (χ3n) is 5.80. The largest absolute Gasteiger partial charge is 0.352 e. The van der Waals surface area contributed by atoms with E-state index in [2.05, 4.69) is 12.2 Å². The molecule has 6 nitrogen and oxygen atoms in total. The van der Waals surface area contributed by atoms with Crippen molar-refractivity contribution < 1.29 is 18.1 Å². The Bertz CT molecular complexity index is 719. The first kappa shape index (κ1) is 20.3. The van der Waals surface area contributed by atoms with E-state index in [1.54, 1.807) is 33.5 Å². The number of benzene rings is 1. The highest BCUT2D eigenvalue weighted by Gasteiger charge is 2.28. The Kier molecular flexibility index (Phi) is 6.89. The van der Waals surface area contributed by atoms with Crippen molar-refractivity contribution in [2.24, 2.45) is 5.92 Å². The van der Waals surface area contributed by atoms with Crippen LogP contribution in [-0.4, -0.2) is 57.9 Å². The minimum absolute atomic E-state index is 0.137. The van der Waals surface area contributed by atoms with Gasteiger partial charge >= 0.3 is 0 Å². The maximum Gasteiger partial charge on any atom is 0.251 e. The van der Waals surface area contributed by atoms with Gasteiger partial charge in [-0.1, -0.05) is 6.92 Å². The minimum atomic E-state index is -3.46. The van der Waals surface area contributed by atoms with Gasteiger partial charge in [0.1, 0.15) is 0 Å². The van der Waals surface area contributed by atoms with E-state index in [1.807, 2.05) is 0 Å². The molecule has 0 saturated carbocycles. The molecule has 1 amide bonds. The summed E-state index contributed by atoms with van der Waals surface area (Å²) in [4.78, 5) is 14.2. The van der Waals surface area contributed by atoms with Crippen LogP contribution in [0, 0.1) is 5.92 Å². The van der Waals surface area contributed by atoms with Crippen LogP contribution < -0.4 is 10.2 Å². The van der Waals surface area contributed by atoms with Gasteiger partial charge in [0.05, 0.1) is 24.5 Å². The molecule has 2 aliphatic heterocycles. The number of amides is 1. The molecule has 2 fully saturated rings. The lowest BCUT2D eigenvalue weighted by Gasteiger charge is -2.29. The van der Waals surface area contributed by atoms with Crippen LogP contribution in [-0.2, 0) is 10.0 Å². The van der Waals surface area contributed by atoms with E-state index in [0.717, 1.165) is 25.8 Å². The molecular formula is C20H32N3O3S+. The molecule has 1 aromatic carbocycles. The Morgan fingerprint density at radius 1 is 1.15 bits per heavy atom. The summed E-state index contributed by atoms with van der Waals surface area (Å²) in [5.41, 5.74) is 0.509. The van der Waals surface area contributed by atoms with Gasteiger partial charge < -0.3 is 10.2 Å². The van der Waals surface area contributed by atoms with E-state index in [1.165, 1.54) is 25.9 Å². The Labute approximate surface area is 163 Å². The van der Waals surface area contributed by atoms with Crippen LogP contribution >= 0.6 is 0 Å². The maximum atomic E-state index is 12.7. The van der Waals surface area contributed by atoms with Crippen molar-refractivity contribution in [3.05, 3.63) is 29.8 Å². The van der Waals surface area contributed by atoms with Crippen LogP contribution in [0.2, 0.25) is 0 Å². The lowest BCUT2D eigenvalue weighted by molar-refractivity contribution is -0.887. The van der Waals surface area contributed by atoms with Gasteiger partial charge in [-0.3, -0.25) is 4.79 Å². The van der Waals surface area contributed by atoms with Gasteiger partial charge in [-0.15, -0.1) is 0 Å². The third kappa shape index (κ3) is 5.30. The van der Waals surface area contributed by atoms with Gasteiger partial charge in [-0.25, -0.2) is 8.42 Å². The van der Waals surface area contributed by atoms with Crippen LogP contribution in [0.4, 0.5) is 0 Å². The van der Waals surface area contributed by atoms with Gasteiger partial charge in [0.25, 0.3) is 5.91 Å². The van der Waals surface area contributed by atoms with Crippen LogP contribution in [0.3, 0.4) is 0 Å². The van der Waals surface area contributed by atoms with Crippen LogP contribution in [0.25, 0.3) is 0 Å². The first-order valence-corrected chi connectivity index (χ1v) is 11.6. The number of nitrogens with zero attached hydrogens (tertiary/aromatic N) is 1. The van der Waals surface area contributed by atoms with Gasteiger partial charge in [0.15, 0.2) is 0 Å². The number of carbonyl (C=O) groups excluding carboxylic acids is 1. The maximum absolute atomic E-state index is 12.7. The van der Waals surface area contributed by atoms with Crippen molar-refractivity contribution in [3.63, 3.8) is 0 Å². The second-order valence-electron chi connectivity index (χ2n) is 7.93. The molecule has 2 heterocycles. The lowest BCUT2D eigenvalue weighted by Crippen LogP contribution is -3.10. The number of hydrogen-bond donors (Lipinski definition) is 2. The molecule has 0 spiro atoms. The summed E-state index contributed by atoms with van der Waals surface area (Å²) in [5, 5.41) is 2.94. The minimum Gasteiger partial charge on any atom is -0.352 e. The second-order valence-corrected chi connectivity index (χ2v) is 9.87. The average Bonchev–Trinajstić information content (AvgIpc) is 3.19. The first-order valence-electron chi connectivity index (χ1n) is 10.2. The highest BCUT2D eigenvalue weighted by atomic mass is 32.2. The van der Waals surface area contributed by atoms with E-state index in [-0.39, 0.29) is 10.8 Å². The fourth-order valence-electron chi connectivity index (χ4n) is 3.92. The van der Waals surface area contributed by atoms with Crippen molar-refractivity contribution in [3.8, 4) is 0 Å². The Morgan fingerprint density at radius 2 is 1.78 bits per heavy atom. The molecule has 2 N–H and O–H groups in total. The number of likely N-dealkylation sites (tertiary alicyclic amines) is 1. The predicted octanol–water partition coefficient (Wildman–Crippen LogP) is 0.906. The molecular weight excluding hydrogens is 362 g/mol. The molecule has 150 valence electrons. The predicted molar refractivity (Wildman–Crippen MR) is 105 cm³/mol. The summed E-state index contributed by atoms with van der Waals surface area (Å²) in [7, 11) is -3.46. The fourth-order valence-corrected chi connectivity index (χ4v) is 5.39. The zero-order valence-electron chi connectivity index (χ0n) is 16.2.